The van der Waals surface area contributed by atoms with E-state index in [-0.39, 0.29) is 39.1 Å². The third-order valence-corrected chi connectivity index (χ3v) is 4.86. The van der Waals surface area contributed by atoms with Crippen LogP contribution in [0.2, 0.25) is 0 Å². The first kappa shape index (κ1) is 8.64. The number of fused-ring (bicyclic) bond motifs is 1. The van der Waals surface area contributed by atoms with Crippen LogP contribution in [0, 0.1) is 6.92 Å². The SMILES string of the molecule is [2H]c1c(-n2c([2H])c([2H])c([2H])c2[2H])c([2H])c2[nH]c(S(=O)Cc3nccc(OC([2H])([2H])[2H])c3C)nc2c1[2H]. The number of ether oxygens (including phenoxy) is 1. The molecule has 0 aliphatic carbocycles. The zero-order valence-corrected chi connectivity index (χ0v) is 14.2. The van der Waals surface area contributed by atoms with E-state index in [1.807, 2.05) is 0 Å². The Hall–Kier alpha value is -2.93. The zero-order chi connectivity index (χ0) is 26.7. The molecule has 1 unspecified atom stereocenters. The maximum absolute atomic E-state index is 13.1. The first-order valence-electron chi connectivity index (χ1n) is 12.4. The van der Waals surface area contributed by atoms with Crippen molar-refractivity contribution in [2.75, 3.05) is 7.04 Å². The van der Waals surface area contributed by atoms with Gasteiger partial charge in [-0.25, -0.2) is 4.98 Å². The molecule has 0 fully saturated rings. The molecule has 0 amide bonds. The van der Waals surface area contributed by atoms with Gasteiger partial charge in [-0.05, 0) is 43.2 Å². The molecule has 26 heavy (non-hydrogen) atoms. The van der Waals surface area contributed by atoms with E-state index in [9.17, 15) is 4.21 Å². The van der Waals surface area contributed by atoms with Gasteiger partial charge in [-0.1, -0.05) is 0 Å². The van der Waals surface area contributed by atoms with Crippen molar-refractivity contribution in [3.8, 4) is 11.4 Å². The van der Waals surface area contributed by atoms with Crippen LogP contribution in [-0.4, -0.2) is 30.8 Å². The van der Waals surface area contributed by atoms with E-state index in [0.717, 1.165) is 4.57 Å². The molecule has 0 saturated carbocycles. The summed E-state index contributed by atoms with van der Waals surface area (Å²) in [6.07, 6.45) is 0.168. The van der Waals surface area contributed by atoms with Crippen LogP contribution in [0.5, 0.6) is 5.75 Å². The summed E-state index contributed by atoms with van der Waals surface area (Å²) in [6.45, 7) is 1.57. The topological polar surface area (TPSA) is 72.8 Å². The number of H-pyrrole nitrogens is 1. The third kappa shape index (κ3) is 3.01. The fraction of sp³-hybridized carbons (Fsp3) is 0.158. The van der Waals surface area contributed by atoms with Gasteiger partial charge in [-0.15, -0.1) is 0 Å². The van der Waals surface area contributed by atoms with Crippen LogP contribution < -0.4 is 4.74 Å². The Morgan fingerprint density at radius 3 is 3.04 bits per heavy atom. The number of nitrogens with one attached hydrogen (secondary N) is 1. The first-order valence-corrected chi connectivity index (χ1v) is 8.71. The monoisotopic (exact) mass is 376 g/mol. The average molecular weight is 377 g/mol. The Balaban J connectivity index is 1.78. The van der Waals surface area contributed by atoms with Crippen molar-refractivity contribution in [2.45, 2.75) is 17.8 Å². The fourth-order valence-corrected chi connectivity index (χ4v) is 3.42. The van der Waals surface area contributed by atoms with E-state index < -0.39 is 60.4 Å². The molecule has 4 rings (SSSR count). The molecule has 0 aliphatic heterocycles. The Kier molecular flexibility index (Phi) is 2.25. The maximum atomic E-state index is 13.1. The molecular weight excluding hydrogens is 348 g/mol. The van der Waals surface area contributed by atoms with E-state index in [4.69, 9.17) is 18.4 Å². The molecule has 6 nitrogen and oxygen atoms in total. The predicted molar refractivity (Wildman–Crippen MR) is 101 cm³/mol. The summed E-state index contributed by atoms with van der Waals surface area (Å²) >= 11 is 0. The standard InChI is InChI=1S/C19H18N4O2S/c1-13-17(20-8-7-18(13)25-2)12-26(24)19-21-15-6-5-14(11-16(15)22-19)23-9-3-4-10-23/h3-11H,12H2,1-2H3,(H,21,22)/i2D3,3D,4D,5D,6D,9D,10D,11D. The van der Waals surface area contributed by atoms with Gasteiger partial charge in [0.1, 0.15) is 5.75 Å². The minimum absolute atomic E-state index is 0.0543. The number of imidazole rings is 1. The molecule has 1 N–H and O–H groups in total. The number of nitrogens with zero attached hydrogens (tertiary/aromatic N) is 3. The lowest BCUT2D eigenvalue weighted by atomic mass is 10.2. The molecule has 0 saturated heterocycles. The van der Waals surface area contributed by atoms with E-state index >= 15 is 0 Å². The van der Waals surface area contributed by atoms with Gasteiger partial charge < -0.3 is 14.3 Å². The van der Waals surface area contributed by atoms with Gasteiger partial charge in [0.25, 0.3) is 0 Å². The van der Waals surface area contributed by atoms with Crippen LogP contribution in [0.1, 0.15) is 25.0 Å². The van der Waals surface area contributed by atoms with Gasteiger partial charge >= 0.3 is 0 Å². The lowest BCUT2D eigenvalue weighted by Gasteiger charge is -2.08. The molecule has 0 radical (unpaired) electrons. The molecular formula is C19H18N4O2S. The molecule has 3 heterocycles. The molecule has 1 aromatic carbocycles. The lowest BCUT2D eigenvalue weighted by molar-refractivity contribution is 0.410. The fourth-order valence-electron chi connectivity index (χ4n) is 2.34. The van der Waals surface area contributed by atoms with E-state index in [1.165, 1.54) is 12.3 Å². The number of benzene rings is 1. The zero-order valence-electron chi connectivity index (χ0n) is 23.4. The maximum Gasteiger partial charge on any atom is 0.197 e. The second kappa shape index (κ2) is 6.76. The van der Waals surface area contributed by atoms with Crippen LogP contribution in [0.4, 0.5) is 0 Å². The number of methoxy groups -OCH3 is 1. The quantitative estimate of drug-likeness (QED) is 0.580. The number of hydrogen-bond acceptors (Lipinski definition) is 4. The highest BCUT2D eigenvalue weighted by molar-refractivity contribution is 7.84. The predicted octanol–water partition coefficient (Wildman–Crippen LogP) is 3.37. The van der Waals surface area contributed by atoms with Crippen LogP contribution in [0.3, 0.4) is 0 Å². The van der Waals surface area contributed by atoms with Gasteiger partial charge in [0.05, 0.1) is 54.0 Å². The van der Waals surface area contributed by atoms with Crippen LogP contribution in [-0.2, 0) is 16.6 Å². The molecule has 0 spiro atoms. The highest BCUT2D eigenvalue weighted by Gasteiger charge is 2.15. The van der Waals surface area contributed by atoms with Crippen molar-refractivity contribution in [1.82, 2.24) is 19.5 Å². The summed E-state index contributed by atoms with van der Waals surface area (Å²) in [5, 5.41) is -0.126. The van der Waals surface area contributed by atoms with Gasteiger partial charge in [0.15, 0.2) is 5.16 Å². The average Bonchev–Trinajstić information content (AvgIpc) is 3.33. The molecule has 132 valence electrons. The molecule has 3 aromatic heterocycles. The van der Waals surface area contributed by atoms with E-state index in [1.54, 1.807) is 6.92 Å². The number of pyridine rings is 1. The Bertz CT molecular complexity index is 1520. The Morgan fingerprint density at radius 1 is 1.38 bits per heavy atom. The number of hydrogen-bond donors (Lipinski definition) is 1. The third-order valence-electron chi connectivity index (χ3n) is 3.70. The summed E-state index contributed by atoms with van der Waals surface area (Å²) in [7, 11) is -4.56. The lowest BCUT2D eigenvalue weighted by Crippen LogP contribution is -2.03. The van der Waals surface area contributed by atoms with Crippen LogP contribution in [0.15, 0.2) is 60.0 Å². The molecule has 0 aliphatic rings. The number of aromatic amines is 1. The summed E-state index contributed by atoms with van der Waals surface area (Å²) in [5.41, 5.74) is 0.119. The van der Waals surface area contributed by atoms with Crippen LogP contribution >= 0.6 is 0 Å². The summed E-state index contributed by atoms with van der Waals surface area (Å²) in [4.78, 5) is 11.0. The van der Waals surface area contributed by atoms with Crippen LogP contribution in [0.25, 0.3) is 16.7 Å². The van der Waals surface area contributed by atoms with Crippen molar-refractivity contribution in [2.24, 2.45) is 0 Å². The highest BCUT2D eigenvalue weighted by atomic mass is 32.2. The minimum atomic E-state index is -2.68. The summed E-state index contributed by atoms with van der Waals surface area (Å²) in [5.74, 6) is -0.139. The van der Waals surface area contributed by atoms with Crippen molar-refractivity contribution >= 4 is 21.8 Å². The van der Waals surface area contributed by atoms with Gasteiger partial charge in [-0.3, -0.25) is 9.19 Å². The van der Waals surface area contributed by atoms with Crippen molar-refractivity contribution in [3.05, 3.63) is 66.1 Å². The second-order valence-electron chi connectivity index (χ2n) is 5.27. The van der Waals surface area contributed by atoms with Crippen molar-refractivity contribution in [1.29, 1.82) is 0 Å². The normalized spacial score (nSPS) is 18.3. The van der Waals surface area contributed by atoms with E-state index in [0.29, 0.717) is 5.56 Å². The Morgan fingerprint density at radius 2 is 2.23 bits per heavy atom. The van der Waals surface area contributed by atoms with E-state index in [2.05, 4.69) is 15.0 Å². The molecule has 4 aromatic rings. The highest BCUT2D eigenvalue weighted by Crippen LogP contribution is 2.22. The molecule has 7 heteroatoms. The van der Waals surface area contributed by atoms with Gasteiger partial charge in [0.2, 0.25) is 0 Å². The second-order valence-corrected chi connectivity index (χ2v) is 6.64. The summed E-state index contributed by atoms with van der Waals surface area (Å²) in [6, 6.07) is -1.14. The number of aromatic nitrogens is 4. The Labute approximate surface area is 167 Å². The molecule has 1 atom stereocenters. The van der Waals surface area contributed by atoms with Gasteiger partial charge in [-0.2, -0.15) is 0 Å². The van der Waals surface area contributed by atoms with Gasteiger partial charge in [0, 0.05) is 29.8 Å². The first-order chi connectivity index (χ1) is 16.7. The smallest absolute Gasteiger partial charge is 0.197 e. The van der Waals surface area contributed by atoms with Crippen molar-refractivity contribution < 1.29 is 22.7 Å². The van der Waals surface area contributed by atoms with Crippen molar-refractivity contribution in [3.63, 3.8) is 0 Å². The molecule has 0 bridgehead atoms. The number of rotatable bonds is 5. The largest absolute Gasteiger partial charge is 0.496 e. The minimum Gasteiger partial charge on any atom is -0.496 e. The summed E-state index contributed by atoms with van der Waals surface area (Å²) < 4.78 is 97.4.